The van der Waals surface area contributed by atoms with Gasteiger partial charge in [0.05, 0.1) is 11.9 Å². The molecular formula is C24H18ClF3N6OS. The number of ether oxygens (including phenoxy) is 1. The van der Waals surface area contributed by atoms with Gasteiger partial charge in [0.25, 0.3) is 0 Å². The van der Waals surface area contributed by atoms with Crippen molar-refractivity contribution in [3.8, 4) is 22.8 Å². The molecule has 184 valence electrons. The first-order valence-electron chi connectivity index (χ1n) is 10.4. The van der Waals surface area contributed by atoms with E-state index in [0.717, 1.165) is 16.7 Å². The molecule has 12 heteroatoms. The lowest BCUT2D eigenvalue weighted by atomic mass is 10.1. The number of benzene rings is 3. The smallest absolute Gasteiger partial charge is 0.406 e. The zero-order valence-electron chi connectivity index (χ0n) is 18.4. The Bertz CT molecular complexity index is 1340. The largest absolute Gasteiger partial charge is 0.573 e. The number of rotatable bonds is 7. The Labute approximate surface area is 214 Å². The number of nitrogens with one attached hydrogen (secondary N) is 2. The van der Waals surface area contributed by atoms with E-state index in [1.807, 2.05) is 48.5 Å². The van der Waals surface area contributed by atoms with Crippen molar-refractivity contribution >= 4 is 35.1 Å². The van der Waals surface area contributed by atoms with Crippen LogP contribution in [0.15, 0.2) is 84.2 Å². The van der Waals surface area contributed by atoms with Crippen LogP contribution in [-0.4, -0.2) is 32.5 Å². The van der Waals surface area contributed by atoms with Crippen LogP contribution in [0.4, 0.5) is 13.2 Å². The number of thiocarbonyl (C=S) groups is 1. The number of aromatic nitrogens is 3. The molecule has 0 unspecified atom stereocenters. The molecule has 2 N–H and O–H groups in total. The third-order valence-electron chi connectivity index (χ3n) is 4.74. The van der Waals surface area contributed by atoms with Gasteiger partial charge in [-0.3, -0.25) is 5.43 Å². The summed E-state index contributed by atoms with van der Waals surface area (Å²) in [7, 11) is 0. The van der Waals surface area contributed by atoms with Gasteiger partial charge in [-0.2, -0.15) is 5.10 Å². The molecule has 0 radical (unpaired) electrons. The van der Waals surface area contributed by atoms with Crippen LogP contribution >= 0.6 is 23.8 Å². The van der Waals surface area contributed by atoms with Crippen LogP contribution in [0, 0.1) is 0 Å². The molecule has 0 aliphatic carbocycles. The molecule has 0 atom stereocenters. The van der Waals surface area contributed by atoms with Gasteiger partial charge in [-0.1, -0.05) is 48.0 Å². The van der Waals surface area contributed by atoms with E-state index in [9.17, 15) is 13.2 Å². The molecule has 0 bridgehead atoms. The molecule has 4 aromatic rings. The normalized spacial score (nSPS) is 11.4. The lowest BCUT2D eigenvalue weighted by Gasteiger charge is -2.09. The molecule has 0 spiro atoms. The molecule has 0 aliphatic rings. The highest BCUT2D eigenvalue weighted by atomic mass is 35.5. The van der Waals surface area contributed by atoms with Crippen LogP contribution in [0.3, 0.4) is 0 Å². The first kappa shape index (κ1) is 25.1. The van der Waals surface area contributed by atoms with E-state index in [1.54, 1.807) is 6.21 Å². The van der Waals surface area contributed by atoms with Gasteiger partial charge in [-0.25, -0.2) is 9.67 Å². The molecule has 0 fully saturated rings. The second-order valence-electron chi connectivity index (χ2n) is 7.36. The molecule has 0 saturated carbocycles. The Balaban J connectivity index is 1.30. The average Bonchev–Trinajstić information content (AvgIpc) is 3.34. The Kier molecular flexibility index (Phi) is 7.81. The monoisotopic (exact) mass is 530 g/mol. The molecule has 1 aromatic heterocycles. The second-order valence-corrected chi connectivity index (χ2v) is 8.20. The third kappa shape index (κ3) is 7.27. The van der Waals surface area contributed by atoms with Crippen LogP contribution in [0.5, 0.6) is 5.75 Å². The predicted octanol–water partition coefficient (Wildman–Crippen LogP) is 5.48. The van der Waals surface area contributed by atoms with Gasteiger partial charge in [-0.15, -0.1) is 18.3 Å². The van der Waals surface area contributed by atoms with Crippen molar-refractivity contribution in [1.29, 1.82) is 0 Å². The van der Waals surface area contributed by atoms with Crippen LogP contribution in [0.1, 0.15) is 11.1 Å². The lowest BCUT2D eigenvalue weighted by molar-refractivity contribution is -0.274. The Morgan fingerprint density at radius 2 is 1.72 bits per heavy atom. The van der Waals surface area contributed by atoms with E-state index < -0.39 is 6.36 Å². The number of hydrogen-bond acceptors (Lipinski definition) is 5. The highest BCUT2D eigenvalue weighted by Gasteiger charge is 2.31. The van der Waals surface area contributed by atoms with Crippen LogP contribution in [0.2, 0.25) is 5.02 Å². The Morgan fingerprint density at radius 1 is 1.03 bits per heavy atom. The number of hydrazone groups is 1. The SMILES string of the molecule is FC(F)(F)Oc1ccc(-n2cnc(-c3ccc(C=NNC(=S)NCc4ccc(Cl)cc4)cc3)n2)cc1. The summed E-state index contributed by atoms with van der Waals surface area (Å²) in [4.78, 5) is 4.27. The molecular weight excluding hydrogens is 513 g/mol. The van der Waals surface area contributed by atoms with Crippen molar-refractivity contribution in [2.75, 3.05) is 0 Å². The summed E-state index contributed by atoms with van der Waals surface area (Å²) in [6, 6.07) is 20.1. The lowest BCUT2D eigenvalue weighted by Crippen LogP contribution is -2.31. The van der Waals surface area contributed by atoms with E-state index in [4.69, 9.17) is 23.8 Å². The minimum absolute atomic E-state index is 0.309. The zero-order chi connectivity index (χ0) is 25.5. The van der Waals surface area contributed by atoms with Crippen molar-refractivity contribution in [2.24, 2.45) is 5.10 Å². The van der Waals surface area contributed by atoms with Crippen LogP contribution < -0.4 is 15.5 Å². The molecule has 0 saturated heterocycles. The molecule has 1 heterocycles. The summed E-state index contributed by atoms with van der Waals surface area (Å²) >= 11 is 11.1. The van der Waals surface area contributed by atoms with Crippen molar-refractivity contribution in [1.82, 2.24) is 25.5 Å². The summed E-state index contributed by atoms with van der Waals surface area (Å²) in [5, 5.41) is 12.6. The summed E-state index contributed by atoms with van der Waals surface area (Å²) in [6.45, 7) is 0.540. The number of alkyl halides is 3. The third-order valence-corrected chi connectivity index (χ3v) is 5.23. The minimum Gasteiger partial charge on any atom is -0.406 e. The fraction of sp³-hybridized carbons (Fsp3) is 0.0833. The standard InChI is InChI=1S/C24H18ClF3N6OS/c25-19-7-3-16(4-8-19)13-29-23(36)32-31-14-17-1-5-18(6-2-17)22-30-15-34(33-22)20-9-11-21(12-10-20)35-24(26,27)28/h1-12,14-15H,13H2,(H2,29,32,36). The van der Waals surface area contributed by atoms with Crippen LogP contribution in [-0.2, 0) is 6.54 Å². The van der Waals surface area contributed by atoms with Gasteiger partial charge in [0, 0.05) is 17.1 Å². The predicted molar refractivity (Wildman–Crippen MR) is 135 cm³/mol. The molecule has 36 heavy (non-hydrogen) atoms. The first-order chi connectivity index (χ1) is 17.2. The summed E-state index contributed by atoms with van der Waals surface area (Å²) < 4.78 is 42.3. The maximum absolute atomic E-state index is 12.3. The zero-order valence-corrected chi connectivity index (χ0v) is 20.0. The van der Waals surface area contributed by atoms with E-state index in [1.165, 1.54) is 35.3 Å². The fourth-order valence-electron chi connectivity index (χ4n) is 3.03. The molecule has 7 nitrogen and oxygen atoms in total. The maximum atomic E-state index is 12.3. The highest BCUT2D eigenvalue weighted by molar-refractivity contribution is 7.80. The van der Waals surface area contributed by atoms with Gasteiger partial charge < -0.3 is 10.1 Å². The van der Waals surface area contributed by atoms with Gasteiger partial charge in [-0.05, 0) is 59.7 Å². The minimum atomic E-state index is -4.74. The average molecular weight is 531 g/mol. The maximum Gasteiger partial charge on any atom is 0.573 e. The summed E-state index contributed by atoms with van der Waals surface area (Å²) in [5.41, 5.74) is 5.92. The molecule has 0 aliphatic heterocycles. The van der Waals surface area contributed by atoms with Crippen molar-refractivity contribution in [3.05, 3.63) is 95.3 Å². The van der Waals surface area contributed by atoms with E-state index >= 15 is 0 Å². The van der Waals surface area contributed by atoms with E-state index in [2.05, 4.69) is 30.7 Å². The van der Waals surface area contributed by atoms with Crippen LogP contribution in [0.25, 0.3) is 17.1 Å². The van der Waals surface area contributed by atoms with E-state index in [0.29, 0.717) is 28.2 Å². The summed E-state index contributed by atoms with van der Waals surface area (Å²) in [6.07, 6.45) is -1.64. The van der Waals surface area contributed by atoms with Gasteiger partial charge in [0.15, 0.2) is 10.9 Å². The van der Waals surface area contributed by atoms with Gasteiger partial charge in [0.1, 0.15) is 12.1 Å². The summed E-state index contributed by atoms with van der Waals surface area (Å²) in [5.74, 6) is 0.149. The Hall–Kier alpha value is -3.96. The van der Waals surface area contributed by atoms with Gasteiger partial charge in [0.2, 0.25) is 0 Å². The fourth-order valence-corrected chi connectivity index (χ4v) is 3.28. The number of nitrogens with zero attached hydrogens (tertiary/aromatic N) is 4. The highest BCUT2D eigenvalue weighted by Crippen LogP contribution is 2.24. The quantitative estimate of drug-likeness (QED) is 0.187. The topological polar surface area (TPSA) is 76.4 Å². The number of hydrogen-bond donors (Lipinski definition) is 2. The van der Waals surface area contributed by atoms with Gasteiger partial charge >= 0.3 is 6.36 Å². The molecule has 3 aromatic carbocycles. The van der Waals surface area contributed by atoms with Crippen molar-refractivity contribution < 1.29 is 17.9 Å². The molecule has 0 amide bonds. The van der Waals surface area contributed by atoms with E-state index in [-0.39, 0.29) is 5.75 Å². The second kappa shape index (κ2) is 11.2. The number of halogens is 4. The van der Waals surface area contributed by atoms with Crippen molar-refractivity contribution in [3.63, 3.8) is 0 Å². The molecule has 4 rings (SSSR count). The Morgan fingerprint density at radius 3 is 2.39 bits per heavy atom. The first-order valence-corrected chi connectivity index (χ1v) is 11.2. The van der Waals surface area contributed by atoms with Crippen molar-refractivity contribution in [2.45, 2.75) is 12.9 Å².